The summed E-state index contributed by atoms with van der Waals surface area (Å²) in [4.78, 5) is 11.6. The number of rotatable bonds is 5. The third kappa shape index (κ3) is 3.58. The lowest BCUT2D eigenvalue weighted by Crippen LogP contribution is -2.00. The summed E-state index contributed by atoms with van der Waals surface area (Å²) in [5.74, 6) is 0. The number of nitro groups is 1. The Morgan fingerprint density at radius 1 is 0.852 bits per heavy atom. The molecule has 1 heterocycles. The Labute approximate surface area is 159 Å². The van der Waals surface area contributed by atoms with E-state index in [1.807, 2.05) is 60.7 Å². The predicted molar refractivity (Wildman–Crippen MR) is 104 cm³/mol. The van der Waals surface area contributed by atoms with Crippen LogP contribution in [0.2, 0.25) is 0 Å². The van der Waals surface area contributed by atoms with E-state index in [9.17, 15) is 10.1 Å². The average Bonchev–Trinajstić information content (AvgIpc) is 3.13. The van der Waals surface area contributed by atoms with Crippen molar-refractivity contribution in [3.05, 3.63) is 95.0 Å². The maximum atomic E-state index is 10.9. The van der Waals surface area contributed by atoms with E-state index >= 15 is 0 Å². The number of hydrogen-bond acceptors (Lipinski definition) is 5. The summed E-state index contributed by atoms with van der Waals surface area (Å²) in [5.41, 5.74) is 2.57. The Balaban J connectivity index is 1.81. The Hall–Kier alpha value is -3.45. The highest BCUT2D eigenvalue weighted by atomic mass is 32.2. The minimum atomic E-state index is -0.417. The molecule has 1 aromatic heterocycles. The van der Waals surface area contributed by atoms with Crippen LogP contribution in [-0.2, 0) is 0 Å². The molecule has 0 aliphatic heterocycles. The van der Waals surface area contributed by atoms with E-state index in [2.05, 4.69) is 10.3 Å². The number of nitro benzene ring substituents is 1. The molecule has 0 spiro atoms. The minimum absolute atomic E-state index is 0.0408. The highest BCUT2D eigenvalue weighted by Gasteiger charge is 2.18. The van der Waals surface area contributed by atoms with Crippen LogP contribution in [0.3, 0.4) is 0 Å². The van der Waals surface area contributed by atoms with Gasteiger partial charge in [-0.2, -0.15) is 0 Å². The molecule has 0 radical (unpaired) electrons. The van der Waals surface area contributed by atoms with E-state index in [1.54, 1.807) is 16.8 Å². The van der Waals surface area contributed by atoms with Crippen LogP contribution in [0.25, 0.3) is 16.9 Å². The smallest absolute Gasteiger partial charge is 0.258 e. The van der Waals surface area contributed by atoms with E-state index in [-0.39, 0.29) is 5.69 Å². The molecule has 0 saturated carbocycles. The van der Waals surface area contributed by atoms with Crippen molar-refractivity contribution in [2.75, 3.05) is 0 Å². The van der Waals surface area contributed by atoms with E-state index in [0.717, 1.165) is 21.2 Å². The molecule has 4 aromatic rings. The summed E-state index contributed by atoms with van der Waals surface area (Å²) in [6.45, 7) is 0. The molecule has 0 bridgehead atoms. The summed E-state index contributed by atoms with van der Waals surface area (Å²) in [6.07, 6.45) is 0. The fraction of sp³-hybridized carbons (Fsp3) is 0. The van der Waals surface area contributed by atoms with Gasteiger partial charge < -0.3 is 0 Å². The lowest BCUT2D eigenvalue weighted by atomic mass is 10.1. The SMILES string of the molecule is O=[N+]([O-])c1ccc(-n2nnc(Sc3ccccc3)c2-c2ccccc2)cc1. The van der Waals surface area contributed by atoms with Crippen molar-refractivity contribution in [1.82, 2.24) is 15.0 Å². The van der Waals surface area contributed by atoms with Crippen LogP contribution in [0, 0.1) is 10.1 Å². The standard InChI is InChI=1S/C20H14N4O2S/c25-24(26)17-13-11-16(12-14-17)23-19(15-7-3-1-4-8-15)20(21-22-23)27-18-9-5-2-6-10-18/h1-14H. The molecular formula is C20H14N4O2S. The molecule has 27 heavy (non-hydrogen) atoms. The van der Waals surface area contributed by atoms with Crippen molar-refractivity contribution >= 4 is 17.4 Å². The number of non-ortho nitro benzene ring substituents is 1. The quantitative estimate of drug-likeness (QED) is 0.363. The first-order chi connectivity index (χ1) is 13.2. The monoisotopic (exact) mass is 374 g/mol. The largest absolute Gasteiger partial charge is 0.269 e. The van der Waals surface area contributed by atoms with Crippen LogP contribution in [0.15, 0.2) is 94.9 Å². The zero-order valence-corrected chi connectivity index (χ0v) is 14.9. The molecule has 0 N–H and O–H groups in total. The lowest BCUT2D eigenvalue weighted by molar-refractivity contribution is -0.384. The molecule has 3 aromatic carbocycles. The summed E-state index contributed by atoms with van der Waals surface area (Å²) >= 11 is 1.53. The summed E-state index contributed by atoms with van der Waals surface area (Å²) in [5, 5.41) is 20.4. The van der Waals surface area contributed by atoms with Crippen LogP contribution in [-0.4, -0.2) is 19.9 Å². The zero-order valence-electron chi connectivity index (χ0n) is 14.1. The van der Waals surface area contributed by atoms with Crippen LogP contribution in [0.5, 0.6) is 0 Å². The van der Waals surface area contributed by atoms with Gasteiger partial charge in [0, 0.05) is 22.6 Å². The summed E-state index contributed by atoms with van der Waals surface area (Å²) < 4.78 is 1.71. The van der Waals surface area contributed by atoms with Crippen molar-refractivity contribution < 1.29 is 4.92 Å². The van der Waals surface area contributed by atoms with E-state index in [4.69, 9.17) is 0 Å². The highest BCUT2D eigenvalue weighted by molar-refractivity contribution is 7.99. The van der Waals surface area contributed by atoms with Crippen molar-refractivity contribution in [1.29, 1.82) is 0 Å². The third-order valence-corrected chi connectivity index (χ3v) is 4.93. The normalized spacial score (nSPS) is 10.7. The minimum Gasteiger partial charge on any atom is -0.258 e. The van der Waals surface area contributed by atoms with Gasteiger partial charge in [-0.3, -0.25) is 10.1 Å². The first kappa shape index (κ1) is 17.0. The van der Waals surface area contributed by atoms with Gasteiger partial charge in [0.2, 0.25) is 0 Å². The van der Waals surface area contributed by atoms with Crippen LogP contribution in [0.4, 0.5) is 5.69 Å². The number of aromatic nitrogens is 3. The fourth-order valence-electron chi connectivity index (χ4n) is 2.68. The topological polar surface area (TPSA) is 73.8 Å². The van der Waals surface area contributed by atoms with Gasteiger partial charge in [0.15, 0.2) is 5.03 Å². The second-order valence-corrected chi connectivity index (χ2v) is 6.77. The van der Waals surface area contributed by atoms with Gasteiger partial charge >= 0.3 is 0 Å². The fourth-order valence-corrected chi connectivity index (χ4v) is 3.57. The zero-order chi connectivity index (χ0) is 18.6. The van der Waals surface area contributed by atoms with Crippen molar-refractivity contribution in [3.8, 4) is 16.9 Å². The van der Waals surface area contributed by atoms with Gasteiger partial charge in [-0.05, 0) is 24.3 Å². The Kier molecular flexibility index (Phi) is 4.67. The van der Waals surface area contributed by atoms with Crippen LogP contribution < -0.4 is 0 Å². The second-order valence-electron chi connectivity index (χ2n) is 5.71. The Bertz CT molecular complexity index is 1060. The van der Waals surface area contributed by atoms with Gasteiger partial charge in [0.05, 0.1) is 10.6 Å². The van der Waals surface area contributed by atoms with Crippen molar-refractivity contribution in [2.45, 2.75) is 9.92 Å². The number of nitrogens with zero attached hydrogens (tertiary/aromatic N) is 4. The molecule has 0 aliphatic rings. The molecule has 0 aliphatic carbocycles. The van der Waals surface area contributed by atoms with Gasteiger partial charge in [0.1, 0.15) is 5.69 Å². The molecule has 6 nitrogen and oxygen atoms in total. The molecular weight excluding hydrogens is 360 g/mol. The van der Waals surface area contributed by atoms with E-state index < -0.39 is 4.92 Å². The van der Waals surface area contributed by atoms with E-state index in [0.29, 0.717) is 5.69 Å². The molecule has 0 unspecified atom stereocenters. The third-order valence-electron chi connectivity index (χ3n) is 3.95. The lowest BCUT2D eigenvalue weighted by Gasteiger charge is -2.08. The molecule has 0 amide bonds. The van der Waals surface area contributed by atoms with Gasteiger partial charge in [-0.25, -0.2) is 4.68 Å². The molecule has 0 atom stereocenters. The number of hydrogen-bond donors (Lipinski definition) is 0. The second kappa shape index (κ2) is 7.43. The first-order valence-electron chi connectivity index (χ1n) is 8.21. The maximum Gasteiger partial charge on any atom is 0.269 e. The van der Waals surface area contributed by atoms with Gasteiger partial charge in [-0.1, -0.05) is 65.5 Å². The first-order valence-corrected chi connectivity index (χ1v) is 9.03. The Morgan fingerprint density at radius 2 is 1.48 bits per heavy atom. The Morgan fingerprint density at radius 3 is 2.11 bits per heavy atom. The van der Waals surface area contributed by atoms with Crippen molar-refractivity contribution in [3.63, 3.8) is 0 Å². The predicted octanol–water partition coefficient (Wildman–Crippen LogP) is 4.99. The van der Waals surface area contributed by atoms with Gasteiger partial charge in [-0.15, -0.1) is 5.10 Å². The summed E-state index contributed by atoms with van der Waals surface area (Å²) in [6, 6.07) is 26.1. The molecule has 0 fully saturated rings. The molecule has 132 valence electrons. The molecule has 0 saturated heterocycles. The van der Waals surface area contributed by atoms with E-state index in [1.165, 1.54) is 23.9 Å². The molecule has 7 heteroatoms. The highest BCUT2D eigenvalue weighted by Crippen LogP contribution is 2.35. The maximum absolute atomic E-state index is 10.9. The van der Waals surface area contributed by atoms with Crippen LogP contribution in [0.1, 0.15) is 0 Å². The van der Waals surface area contributed by atoms with Gasteiger partial charge in [0.25, 0.3) is 5.69 Å². The van der Waals surface area contributed by atoms with Crippen molar-refractivity contribution in [2.24, 2.45) is 0 Å². The summed E-state index contributed by atoms with van der Waals surface area (Å²) in [7, 11) is 0. The average molecular weight is 374 g/mol. The van der Waals surface area contributed by atoms with Crippen LogP contribution >= 0.6 is 11.8 Å². The number of benzene rings is 3. The molecule has 4 rings (SSSR count).